The summed E-state index contributed by atoms with van der Waals surface area (Å²) in [5.41, 5.74) is 5.12. The van der Waals surface area contributed by atoms with E-state index in [0.29, 0.717) is 6.42 Å². The van der Waals surface area contributed by atoms with Gasteiger partial charge in [-0.1, -0.05) is 6.07 Å². The van der Waals surface area contributed by atoms with Gasteiger partial charge in [-0.15, -0.1) is 0 Å². The van der Waals surface area contributed by atoms with E-state index in [9.17, 15) is 8.78 Å². The zero-order valence-electron chi connectivity index (χ0n) is 13.4. The number of para-hydroxylation sites is 1. The van der Waals surface area contributed by atoms with Crippen LogP contribution in [0.15, 0.2) is 35.5 Å². The number of hydrogen-bond donors (Lipinski definition) is 3. The topological polar surface area (TPSA) is 65.7 Å². The predicted octanol–water partition coefficient (Wildman–Crippen LogP) is 2.24. The summed E-state index contributed by atoms with van der Waals surface area (Å²) in [5, 5.41) is 5.45. The third kappa shape index (κ3) is 5.01. The van der Waals surface area contributed by atoms with E-state index in [1.54, 1.807) is 12.3 Å². The van der Waals surface area contributed by atoms with Gasteiger partial charge in [-0.2, -0.15) is 0 Å². The molecule has 1 atom stereocenters. The Morgan fingerprint density at radius 1 is 1.26 bits per heavy atom. The first-order valence-electron chi connectivity index (χ1n) is 7.58. The molecule has 1 unspecified atom stereocenters. The number of guanidine groups is 1. The Balaban J connectivity index is 2.01. The Morgan fingerprint density at radius 2 is 1.96 bits per heavy atom. The lowest BCUT2D eigenvalue weighted by Gasteiger charge is -2.27. The Kier molecular flexibility index (Phi) is 5.68. The van der Waals surface area contributed by atoms with Crippen LogP contribution < -0.4 is 16.4 Å². The van der Waals surface area contributed by atoms with Crippen molar-refractivity contribution in [2.24, 2.45) is 10.7 Å². The number of nitrogens with one attached hydrogen (secondary N) is 2. The van der Waals surface area contributed by atoms with E-state index in [4.69, 9.17) is 5.73 Å². The standard InChI is InChI=1S/C16H23F2N5/c1-23(2)11-4-3-8-16(19)9-10-20-15(22-16)21-14-12(17)6-5-7-13(14)18/h5-7,9-10H,3-4,8,11,19H2,1-2H3,(H2,20,21,22). The van der Waals surface area contributed by atoms with Gasteiger partial charge in [0.25, 0.3) is 0 Å². The van der Waals surface area contributed by atoms with Crippen LogP contribution in [0.2, 0.25) is 0 Å². The van der Waals surface area contributed by atoms with Crippen LogP contribution in [-0.2, 0) is 0 Å². The van der Waals surface area contributed by atoms with Crippen LogP contribution in [0.25, 0.3) is 0 Å². The van der Waals surface area contributed by atoms with Gasteiger partial charge in [0.15, 0.2) is 0 Å². The summed E-state index contributed by atoms with van der Waals surface area (Å²) in [6, 6.07) is 3.67. The zero-order valence-corrected chi connectivity index (χ0v) is 13.4. The normalized spacial score (nSPS) is 20.3. The minimum atomic E-state index is -0.873. The molecule has 0 bridgehead atoms. The number of nitrogens with zero attached hydrogens (tertiary/aromatic N) is 2. The average Bonchev–Trinajstić information content (AvgIpc) is 2.48. The third-order valence-electron chi connectivity index (χ3n) is 3.55. The van der Waals surface area contributed by atoms with Crippen molar-refractivity contribution in [3.8, 4) is 0 Å². The van der Waals surface area contributed by atoms with E-state index in [0.717, 1.165) is 19.4 Å². The first-order chi connectivity index (χ1) is 10.9. The average molecular weight is 323 g/mol. The molecule has 0 fully saturated rings. The molecule has 5 nitrogen and oxygen atoms in total. The first kappa shape index (κ1) is 17.4. The van der Waals surface area contributed by atoms with Crippen LogP contribution in [0.1, 0.15) is 19.3 Å². The monoisotopic (exact) mass is 323 g/mol. The number of benzene rings is 1. The smallest absolute Gasteiger partial charge is 0.202 e. The maximum absolute atomic E-state index is 13.7. The molecule has 2 rings (SSSR count). The number of hydrogen-bond acceptors (Lipinski definition) is 5. The van der Waals surface area contributed by atoms with Crippen LogP contribution in [-0.4, -0.2) is 37.2 Å². The largest absolute Gasteiger partial charge is 0.333 e. The van der Waals surface area contributed by atoms with E-state index >= 15 is 0 Å². The molecule has 1 aromatic carbocycles. The van der Waals surface area contributed by atoms with Crippen LogP contribution in [0.5, 0.6) is 0 Å². The van der Waals surface area contributed by atoms with E-state index in [1.807, 2.05) is 14.1 Å². The maximum atomic E-state index is 13.7. The molecule has 1 heterocycles. The highest BCUT2D eigenvalue weighted by Gasteiger charge is 2.24. The predicted molar refractivity (Wildman–Crippen MR) is 89.0 cm³/mol. The highest BCUT2D eigenvalue weighted by atomic mass is 19.1. The lowest BCUT2D eigenvalue weighted by molar-refractivity contribution is 0.376. The summed E-state index contributed by atoms with van der Waals surface area (Å²) in [4.78, 5) is 6.46. The van der Waals surface area contributed by atoms with Gasteiger partial charge < -0.3 is 21.3 Å². The molecule has 0 amide bonds. The van der Waals surface area contributed by atoms with Crippen molar-refractivity contribution in [2.45, 2.75) is 24.9 Å². The first-order valence-corrected chi connectivity index (χ1v) is 7.58. The van der Waals surface area contributed by atoms with E-state index in [1.165, 1.54) is 18.2 Å². The van der Waals surface area contributed by atoms with Crippen molar-refractivity contribution in [2.75, 3.05) is 26.0 Å². The van der Waals surface area contributed by atoms with Crippen molar-refractivity contribution in [1.82, 2.24) is 10.2 Å². The Bertz CT molecular complexity index is 580. The summed E-state index contributed by atoms with van der Waals surface area (Å²) in [7, 11) is 4.04. The molecule has 0 saturated carbocycles. The number of anilines is 1. The number of unbranched alkanes of at least 4 members (excludes halogenated alkanes) is 1. The highest BCUT2D eigenvalue weighted by molar-refractivity contribution is 5.95. The summed E-state index contributed by atoms with van der Waals surface area (Å²) in [5.74, 6) is -1.14. The second-order valence-electron chi connectivity index (χ2n) is 5.91. The van der Waals surface area contributed by atoms with Crippen molar-refractivity contribution >= 4 is 11.6 Å². The quantitative estimate of drug-likeness (QED) is 0.703. The van der Waals surface area contributed by atoms with Gasteiger partial charge in [0.2, 0.25) is 5.96 Å². The molecule has 4 N–H and O–H groups in total. The Labute approximate surface area is 135 Å². The van der Waals surface area contributed by atoms with E-state index in [-0.39, 0.29) is 11.6 Å². The molecule has 1 aliphatic heterocycles. The van der Waals surface area contributed by atoms with Gasteiger partial charge in [-0.25, -0.2) is 13.8 Å². The van der Waals surface area contributed by atoms with Crippen molar-refractivity contribution in [1.29, 1.82) is 0 Å². The molecule has 0 aromatic heterocycles. The third-order valence-corrected chi connectivity index (χ3v) is 3.55. The van der Waals surface area contributed by atoms with Gasteiger partial charge in [0, 0.05) is 6.20 Å². The van der Waals surface area contributed by atoms with E-state index in [2.05, 4.69) is 20.5 Å². The minimum absolute atomic E-state index is 0.228. The molecular formula is C16H23F2N5. The van der Waals surface area contributed by atoms with Crippen molar-refractivity contribution in [3.63, 3.8) is 0 Å². The second kappa shape index (κ2) is 7.52. The van der Waals surface area contributed by atoms with Crippen molar-refractivity contribution < 1.29 is 8.78 Å². The van der Waals surface area contributed by atoms with Gasteiger partial charge in [0.05, 0.1) is 0 Å². The Hall–Kier alpha value is -1.99. The summed E-state index contributed by atoms with van der Waals surface area (Å²) < 4.78 is 27.4. The summed E-state index contributed by atoms with van der Waals surface area (Å²) >= 11 is 0. The van der Waals surface area contributed by atoms with Crippen LogP contribution >= 0.6 is 0 Å². The van der Waals surface area contributed by atoms with Crippen molar-refractivity contribution in [3.05, 3.63) is 42.1 Å². The van der Waals surface area contributed by atoms with Crippen LogP contribution in [0, 0.1) is 11.6 Å². The molecule has 126 valence electrons. The molecule has 23 heavy (non-hydrogen) atoms. The molecule has 1 aliphatic rings. The molecule has 0 saturated heterocycles. The van der Waals surface area contributed by atoms with Gasteiger partial charge in [-0.05, 0) is 58.1 Å². The van der Waals surface area contributed by atoms with Gasteiger partial charge in [0.1, 0.15) is 23.0 Å². The summed E-state index contributed by atoms with van der Waals surface area (Å²) in [6.45, 7) is 0.979. The Morgan fingerprint density at radius 3 is 2.61 bits per heavy atom. The molecule has 0 aliphatic carbocycles. The van der Waals surface area contributed by atoms with E-state index < -0.39 is 17.3 Å². The fourth-order valence-electron chi connectivity index (χ4n) is 2.32. The maximum Gasteiger partial charge on any atom is 0.202 e. The highest BCUT2D eigenvalue weighted by Crippen LogP contribution is 2.21. The fraction of sp³-hybridized carbons (Fsp3) is 0.438. The number of nitrogens with two attached hydrogens (primary N) is 1. The molecule has 0 spiro atoms. The lowest BCUT2D eigenvalue weighted by atomic mass is 10.0. The van der Waals surface area contributed by atoms with Crippen LogP contribution in [0.4, 0.5) is 14.5 Å². The number of aliphatic imine (C=N–C) groups is 1. The molecule has 1 aromatic rings. The second-order valence-corrected chi connectivity index (χ2v) is 5.91. The van der Waals surface area contributed by atoms with Gasteiger partial charge in [-0.3, -0.25) is 0 Å². The van der Waals surface area contributed by atoms with Crippen LogP contribution in [0.3, 0.4) is 0 Å². The minimum Gasteiger partial charge on any atom is -0.333 e. The SMILES string of the molecule is CN(C)CCCCC1(N)C=CNC(Nc2c(F)cccc2F)=N1. The number of rotatable bonds is 6. The zero-order chi connectivity index (χ0) is 16.9. The lowest BCUT2D eigenvalue weighted by Crippen LogP contribution is -2.44. The summed E-state index contributed by atoms with van der Waals surface area (Å²) in [6.07, 6.45) is 5.97. The van der Waals surface area contributed by atoms with Gasteiger partial charge >= 0.3 is 0 Å². The number of halogens is 2. The molecular weight excluding hydrogens is 300 g/mol. The molecule has 0 radical (unpaired) electrons. The molecule has 7 heteroatoms. The fourth-order valence-corrected chi connectivity index (χ4v) is 2.32.